The smallest absolute Gasteiger partial charge is 0.403 e. The molecule has 4 rings (SSSR count). The quantitative estimate of drug-likeness (QED) is 0.0242. The summed E-state index contributed by atoms with van der Waals surface area (Å²) in [7, 11) is -1.00. The maximum absolute atomic E-state index is 13.5. The minimum Gasteiger partial charge on any atom is -0.403 e. The highest BCUT2D eigenvalue weighted by Crippen LogP contribution is 2.65. The highest BCUT2D eigenvalue weighted by atomic mass is 16.7. The molecule has 2 bridgehead atoms. The zero-order valence-electron chi connectivity index (χ0n) is 38.1. The van der Waals surface area contributed by atoms with Gasteiger partial charge < -0.3 is 69.3 Å². The van der Waals surface area contributed by atoms with Crippen LogP contribution in [0.1, 0.15) is 144 Å². The molecule has 4 fully saturated rings. The lowest BCUT2D eigenvalue weighted by molar-refractivity contribution is -0.199. The SMILES string of the molecule is CCCCCCCCCCCC(=O)NCCC(=O)N[C@@H](CCCCN)C(=O)N[C@H](C(=O)N[C@@H](N)C(=O)N[C@@H](CC(N)=O)C(=O)N[C@@H](N)B1OC2C[C@@H]3C[C@@H](C3(C)C)[C@]2(C)O1)[C@@H](C)O. The van der Waals surface area contributed by atoms with Crippen molar-refractivity contribution in [2.24, 2.45) is 40.2 Å². The van der Waals surface area contributed by atoms with Gasteiger partial charge in [-0.1, -0.05) is 72.1 Å². The second-order valence-corrected chi connectivity index (χ2v) is 18.4. The van der Waals surface area contributed by atoms with E-state index in [1.165, 1.54) is 39.0 Å². The van der Waals surface area contributed by atoms with Gasteiger partial charge >= 0.3 is 7.12 Å². The number of rotatable bonds is 30. The molecule has 1 unspecified atom stereocenters. The topological polar surface area (TPSA) is 334 Å². The molecular formula is C42H77BN10O10. The number of unbranched alkanes of at least 4 members (excludes halogenated alkanes) is 9. The molecule has 358 valence electrons. The van der Waals surface area contributed by atoms with Gasteiger partial charge in [-0.05, 0) is 76.2 Å². The van der Waals surface area contributed by atoms with E-state index in [1.807, 2.05) is 6.92 Å². The number of nitrogens with two attached hydrogens (primary N) is 4. The van der Waals surface area contributed by atoms with Gasteiger partial charge in [0.05, 0.1) is 24.2 Å². The Morgan fingerprint density at radius 3 is 1.98 bits per heavy atom. The molecule has 1 heterocycles. The van der Waals surface area contributed by atoms with Gasteiger partial charge in [-0.25, -0.2) is 0 Å². The monoisotopic (exact) mass is 893 g/mol. The molecule has 21 heteroatoms. The van der Waals surface area contributed by atoms with Crippen LogP contribution in [0.25, 0.3) is 0 Å². The van der Waals surface area contributed by atoms with Gasteiger partial charge in [0.1, 0.15) is 24.2 Å². The minimum absolute atomic E-state index is 0.0647. The van der Waals surface area contributed by atoms with Gasteiger partial charge in [-0.3, -0.25) is 33.6 Å². The summed E-state index contributed by atoms with van der Waals surface area (Å²) in [6.07, 6.45) is 9.16. The Hall–Kier alpha value is -3.89. The fourth-order valence-electron chi connectivity index (χ4n) is 9.05. The van der Waals surface area contributed by atoms with Crippen LogP contribution in [-0.4, -0.2) is 115 Å². The average Bonchev–Trinajstić information content (AvgIpc) is 3.58. The summed E-state index contributed by atoms with van der Waals surface area (Å²) in [4.78, 5) is 90.4. The lowest BCUT2D eigenvalue weighted by atomic mass is 9.43. The van der Waals surface area contributed by atoms with Gasteiger partial charge in [-0.15, -0.1) is 0 Å². The summed E-state index contributed by atoms with van der Waals surface area (Å²) in [6.45, 7) is 10.2. The van der Waals surface area contributed by atoms with Crippen LogP contribution in [0.5, 0.6) is 0 Å². The second-order valence-electron chi connectivity index (χ2n) is 18.4. The predicted octanol–water partition coefficient (Wildman–Crippen LogP) is -0.677. The highest BCUT2D eigenvalue weighted by Gasteiger charge is 2.68. The minimum atomic E-state index is -1.83. The van der Waals surface area contributed by atoms with E-state index in [1.54, 1.807) is 0 Å². The normalized spacial score (nSPS) is 23.6. The van der Waals surface area contributed by atoms with Crippen molar-refractivity contribution in [3.8, 4) is 0 Å². The third kappa shape index (κ3) is 15.9. The van der Waals surface area contributed by atoms with E-state index >= 15 is 0 Å². The van der Waals surface area contributed by atoms with Crippen molar-refractivity contribution >= 4 is 48.5 Å². The maximum Gasteiger partial charge on any atom is 0.497 e. The summed E-state index contributed by atoms with van der Waals surface area (Å²) in [5.41, 5.74) is 22.8. The van der Waals surface area contributed by atoms with E-state index < -0.39 is 91.0 Å². The van der Waals surface area contributed by atoms with Gasteiger partial charge in [0.15, 0.2) is 6.17 Å². The van der Waals surface area contributed by atoms with Crippen LogP contribution in [0.3, 0.4) is 0 Å². The average molecular weight is 893 g/mol. The highest BCUT2D eigenvalue weighted by molar-refractivity contribution is 6.47. The van der Waals surface area contributed by atoms with Crippen LogP contribution < -0.4 is 54.8 Å². The van der Waals surface area contributed by atoms with Crippen molar-refractivity contribution in [2.75, 3.05) is 13.1 Å². The third-order valence-corrected chi connectivity index (χ3v) is 13.0. The second kappa shape index (κ2) is 25.6. The van der Waals surface area contributed by atoms with E-state index in [2.05, 4.69) is 52.7 Å². The first-order chi connectivity index (χ1) is 29.7. The summed E-state index contributed by atoms with van der Waals surface area (Å²) >= 11 is 0. The number of nitrogens with one attached hydrogen (secondary N) is 6. The lowest BCUT2D eigenvalue weighted by Crippen LogP contribution is -2.65. The Labute approximate surface area is 372 Å². The third-order valence-electron chi connectivity index (χ3n) is 13.0. The molecule has 3 saturated carbocycles. The molecule has 10 atom stereocenters. The number of carbonyl (C=O) groups excluding carboxylic acids is 7. The zero-order chi connectivity index (χ0) is 46.9. The van der Waals surface area contributed by atoms with Crippen molar-refractivity contribution in [1.82, 2.24) is 31.9 Å². The molecule has 15 N–H and O–H groups in total. The molecule has 4 aliphatic rings. The van der Waals surface area contributed by atoms with Crippen LogP contribution in [-0.2, 0) is 42.9 Å². The Kier molecular flexibility index (Phi) is 21.7. The van der Waals surface area contributed by atoms with Gasteiger partial charge in [0, 0.05) is 19.4 Å². The van der Waals surface area contributed by atoms with Crippen LogP contribution >= 0.6 is 0 Å². The lowest BCUT2D eigenvalue weighted by Gasteiger charge is -2.64. The molecule has 0 radical (unpaired) electrons. The molecule has 0 aromatic heterocycles. The Bertz CT molecular complexity index is 1560. The molecular weight excluding hydrogens is 815 g/mol. The molecule has 1 saturated heterocycles. The molecule has 3 aliphatic carbocycles. The fraction of sp³-hybridized carbons (Fsp3) is 0.833. The summed E-state index contributed by atoms with van der Waals surface area (Å²) in [5.74, 6) is -4.75. The summed E-state index contributed by atoms with van der Waals surface area (Å²) in [6, 6.07) is -5.51. The number of amides is 7. The Morgan fingerprint density at radius 1 is 0.746 bits per heavy atom. The first-order valence-corrected chi connectivity index (χ1v) is 23.0. The number of primary amides is 1. The molecule has 63 heavy (non-hydrogen) atoms. The van der Waals surface area contributed by atoms with E-state index in [0.29, 0.717) is 31.7 Å². The van der Waals surface area contributed by atoms with Crippen LogP contribution in [0.2, 0.25) is 0 Å². The van der Waals surface area contributed by atoms with Crippen LogP contribution in [0.4, 0.5) is 0 Å². The van der Waals surface area contributed by atoms with Crippen molar-refractivity contribution in [1.29, 1.82) is 0 Å². The Balaban J connectivity index is 1.49. The molecule has 7 amide bonds. The summed E-state index contributed by atoms with van der Waals surface area (Å²) in [5, 5.41) is 25.3. The number of aliphatic hydroxyl groups is 1. The van der Waals surface area contributed by atoms with Crippen LogP contribution in [0, 0.1) is 17.3 Å². The summed E-state index contributed by atoms with van der Waals surface area (Å²) < 4.78 is 12.4. The van der Waals surface area contributed by atoms with Gasteiger partial charge in [0.25, 0.3) is 5.91 Å². The van der Waals surface area contributed by atoms with Gasteiger partial charge in [-0.2, -0.15) is 0 Å². The number of aliphatic hydroxyl groups excluding tert-OH is 1. The Morgan fingerprint density at radius 2 is 1.38 bits per heavy atom. The molecule has 0 aromatic carbocycles. The van der Waals surface area contributed by atoms with Crippen molar-refractivity contribution in [3.05, 3.63) is 0 Å². The van der Waals surface area contributed by atoms with Crippen molar-refractivity contribution in [2.45, 2.75) is 192 Å². The van der Waals surface area contributed by atoms with E-state index in [4.69, 9.17) is 32.2 Å². The predicted molar refractivity (Wildman–Crippen MR) is 236 cm³/mol. The van der Waals surface area contributed by atoms with E-state index in [9.17, 15) is 38.7 Å². The molecule has 0 spiro atoms. The van der Waals surface area contributed by atoms with E-state index in [-0.39, 0.29) is 42.7 Å². The standard InChI is InChI=1S/C42H77BN10O10/c1-6-7-8-9-10-11-12-13-14-18-32(56)48-21-19-33(57)49-27(17-15-16-20-44)36(58)51-34(25(2)54)38(60)52-35(46)39(61)50-28(24-31(45)55)37(59)53-40(47)43-62-30-23-26-22-29(41(26,3)4)42(30,5)63-43/h25-30,34-35,40,54H,6-24,44,46-47H2,1-5H3,(H2,45,55)(H,48,56)(H,49,57)(H,50,61)(H,51,58)(H,52,60)(H,53,59)/t25-,26+,27+,28+,29+,30?,34+,35-,40-,42+/m1/s1. The molecule has 0 aromatic rings. The maximum atomic E-state index is 13.5. The van der Waals surface area contributed by atoms with Crippen LogP contribution in [0.15, 0.2) is 0 Å². The van der Waals surface area contributed by atoms with E-state index in [0.717, 1.165) is 38.5 Å². The first kappa shape index (κ1) is 53.5. The largest absolute Gasteiger partial charge is 0.497 e. The molecule has 20 nitrogen and oxygen atoms in total. The van der Waals surface area contributed by atoms with Crippen molar-refractivity contribution < 1.29 is 48.0 Å². The molecule has 1 aliphatic heterocycles. The fourth-order valence-corrected chi connectivity index (χ4v) is 9.05. The van der Waals surface area contributed by atoms with Gasteiger partial charge in [0.2, 0.25) is 35.4 Å². The number of hydrogen-bond donors (Lipinski definition) is 11. The number of hydrogen-bond acceptors (Lipinski definition) is 13. The zero-order valence-corrected chi connectivity index (χ0v) is 38.1. The number of carbonyl (C=O) groups is 7. The first-order valence-electron chi connectivity index (χ1n) is 23.0. The van der Waals surface area contributed by atoms with Crippen molar-refractivity contribution in [3.63, 3.8) is 0 Å².